The zero-order chi connectivity index (χ0) is 8.27. The molecule has 0 bridgehead atoms. The van der Waals surface area contributed by atoms with Gasteiger partial charge in [-0.25, -0.2) is 4.79 Å². The minimum absolute atomic E-state index is 0.301. The zero-order valence-corrected chi connectivity index (χ0v) is 6.84. The number of rotatable bonds is 1. The second kappa shape index (κ2) is 3.57. The Hall–Kier alpha value is -0.770. The van der Waals surface area contributed by atoms with Crippen LogP contribution in [0.25, 0.3) is 0 Å². The van der Waals surface area contributed by atoms with E-state index in [0.717, 1.165) is 25.9 Å². The molecule has 0 unspecified atom stereocenters. The maximum atomic E-state index is 10.7. The van der Waals surface area contributed by atoms with E-state index in [2.05, 4.69) is 5.32 Å². The summed E-state index contributed by atoms with van der Waals surface area (Å²) in [5.41, 5.74) is 5.14. The Morgan fingerprint density at radius 3 is 3.00 bits per heavy atom. The molecule has 0 radical (unpaired) electrons. The number of carbonyl (C=O) groups excluding carboxylic acids is 1. The first-order valence-electron chi connectivity index (χ1n) is 3.95. The summed E-state index contributed by atoms with van der Waals surface area (Å²) >= 11 is 0. The van der Waals surface area contributed by atoms with E-state index < -0.39 is 0 Å². The molecule has 1 rings (SSSR count). The van der Waals surface area contributed by atoms with Crippen molar-refractivity contribution in [1.29, 1.82) is 0 Å². The molecule has 0 aromatic heterocycles. The Labute approximate surface area is 66.7 Å². The summed E-state index contributed by atoms with van der Waals surface area (Å²) < 4.78 is 0. The van der Waals surface area contributed by atoms with E-state index in [9.17, 15) is 4.79 Å². The molecule has 0 aromatic rings. The molecule has 2 amide bonds. The van der Waals surface area contributed by atoms with Crippen LogP contribution in [0.3, 0.4) is 0 Å². The average Bonchev–Trinajstić information content (AvgIpc) is 2.05. The van der Waals surface area contributed by atoms with Crippen LogP contribution in [0.1, 0.15) is 12.8 Å². The molecule has 4 heteroatoms. The number of urea groups is 1. The summed E-state index contributed by atoms with van der Waals surface area (Å²) in [5, 5.41) is 3.14. The summed E-state index contributed by atoms with van der Waals surface area (Å²) in [6.07, 6.45) is 2.19. The third-order valence-electron chi connectivity index (χ3n) is 2.14. The molecule has 1 heterocycles. The Morgan fingerprint density at radius 2 is 2.45 bits per heavy atom. The van der Waals surface area contributed by atoms with E-state index in [1.54, 1.807) is 4.90 Å². The van der Waals surface area contributed by atoms with Crippen molar-refractivity contribution in [2.75, 3.05) is 20.1 Å². The number of primary amides is 1. The number of nitrogens with zero attached hydrogens (tertiary/aromatic N) is 1. The van der Waals surface area contributed by atoms with Gasteiger partial charge in [0.1, 0.15) is 0 Å². The lowest BCUT2D eigenvalue weighted by Gasteiger charge is -2.31. The highest BCUT2D eigenvalue weighted by Gasteiger charge is 2.19. The number of nitrogens with one attached hydrogen (secondary N) is 1. The van der Waals surface area contributed by atoms with Crippen LogP contribution in [-0.4, -0.2) is 37.1 Å². The molecular weight excluding hydrogens is 142 g/mol. The highest BCUT2D eigenvalue weighted by molar-refractivity contribution is 5.72. The minimum Gasteiger partial charge on any atom is -0.351 e. The van der Waals surface area contributed by atoms with Gasteiger partial charge >= 0.3 is 6.03 Å². The van der Waals surface area contributed by atoms with Crippen molar-refractivity contribution in [3.8, 4) is 0 Å². The van der Waals surface area contributed by atoms with Crippen LogP contribution >= 0.6 is 0 Å². The Bertz CT molecular complexity index is 149. The van der Waals surface area contributed by atoms with Crippen LogP contribution in [0, 0.1) is 0 Å². The fraction of sp³-hybridized carbons (Fsp3) is 0.857. The van der Waals surface area contributed by atoms with E-state index in [1.807, 2.05) is 7.05 Å². The number of likely N-dealkylation sites (N-methyl/N-ethyl adjacent to an activating group) is 1. The van der Waals surface area contributed by atoms with E-state index >= 15 is 0 Å². The van der Waals surface area contributed by atoms with Crippen LogP contribution in [0.5, 0.6) is 0 Å². The molecule has 0 aliphatic carbocycles. The van der Waals surface area contributed by atoms with Gasteiger partial charge in [-0.2, -0.15) is 0 Å². The SMILES string of the molecule is CN[C@H]1CCCN(C(N)=O)C1. The highest BCUT2D eigenvalue weighted by atomic mass is 16.2. The Morgan fingerprint density at radius 1 is 1.73 bits per heavy atom. The van der Waals surface area contributed by atoms with Crippen molar-refractivity contribution in [2.45, 2.75) is 18.9 Å². The van der Waals surface area contributed by atoms with Crippen molar-refractivity contribution in [3.05, 3.63) is 0 Å². The predicted molar refractivity (Wildman–Crippen MR) is 43.2 cm³/mol. The first-order chi connectivity index (χ1) is 5.24. The van der Waals surface area contributed by atoms with Gasteiger partial charge in [-0.15, -0.1) is 0 Å². The van der Waals surface area contributed by atoms with Crippen LogP contribution in [0.2, 0.25) is 0 Å². The largest absolute Gasteiger partial charge is 0.351 e. The van der Waals surface area contributed by atoms with Gasteiger partial charge in [-0.3, -0.25) is 0 Å². The lowest BCUT2D eigenvalue weighted by Crippen LogP contribution is -2.48. The van der Waals surface area contributed by atoms with Crippen molar-refractivity contribution < 1.29 is 4.79 Å². The molecular formula is C7H15N3O. The average molecular weight is 157 g/mol. The van der Waals surface area contributed by atoms with Crippen molar-refractivity contribution in [3.63, 3.8) is 0 Å². The summed E-state index contributed by atoms with van der Waals surface area (Å²) in [5.74, 6) is 0. The van der Waals surface area contributed by atoms with Crippen LogP contribution in [-0.2, 0) is 0 Å². The summed E-state index contributed by atoms with van der Waals surface area (Å²) in [6, 6.07) is 0.126. The summed E-state index contributed by atoms with van der Waals surface area (Å²) in [6.45, 7) is 1.57. The molecule has 4 nitrogen and oxygen atoms in total. The van der Waals surface area contributed by atoms with Crippen molar-refractivity contribution >= 4 is 6.03 Å². The highest BCUT2D eigenvalue weighted by Crippen LogP contribution is 2.08. The second-order valence-electron chi connectivity index (χ2n) is 2.91. The number of likely N-dealkylation sites (tertiary alicyclic amines) is 1. The molecule has 0 aromatic carbocycles. The first-order valence-corrected chi connectivity index (χ1v) is 3.95. The second-order valence-corrected chi connectivity index (χ2v) is 2.91. The first kappa shape index (κ1) is 8.33. The molecule has 64 valence electrons. The fourth-order valence-electron chi connectivity index (χ4n) is 1.41. The molecule has 1 aliphatic heterocycles. The van der Waals surface area contributed by atoms with E-state index in [0.29, 0.717) is 6.04 Å². The molecule has 0 spiro atoms. The maximum Gasteiger partial charge on any atom is 0.314 e. The normalized spacial score (nSPS) is 25.2. The number of hydrogen-bond donors (Lipinski definition) is 2. The molecule has 11 heavy (non-hydrogen) atoms. The smallest absolute Gasteiger partial charge is 0.314 e. The van der Waals surface area contributed by atoms with Gasteiger partial charge in [0.05, 0.1) is 0 Å². The standard InChI is InChI=1S/C7H15N3O/c1-9-6-3-2-4-10(5-6)7(8)11/h6,9H,2-5H2,1H3,(H2,8,11)/t6-/m0/s1. The van der Waals surface area contributed by atoms with Gasteiger partial charge in [0.15, 0.2) is 0 Å². The zero-order valence-electron chi connectivity index (χ0n) is 6.84. The third kappa shape index (κ3) is 2.08. The van der Waals surface area contributed by atoms with Crippen molar-refractivity contribution in [2.24, 2.45) is 5.73 Å². The summed E-state index contributed by atoms with van der Waals surface area (Å²) in [4.78, 5) is 12.4. The monoisotopic (exact) mass is 157 g/mol. The lowest BCUT2D eigenvalue weighted by molar-refractivity contribution is 0.184. The molecule has 1 aliphatic rings. The molecule has 1 fully saturated rings. The van der Waals surface area contributed by atoms with Gasteiger partial charge in [0, 0.05) is 19.1 Å². The Balaban J connectivity index is 2.39. The van der Waals surface area contributed by atoms with Gasteiger partial charge in [-0.05, 0) is 19.9 Å². The number of piperidine rings is 1. The number of nitrogens with two attached hydrogens (primary N) is 1. The van der Waals surface area contributed by atoms with Crippen molar-refractivity contribution in [1.82, 2.24) is 10.2 Å². The van der Waals surface area contributed by atoms with E-state index in [4.69, 9.17) is 5.73 Å². The maximum absolute atomic E-state index is 10.7. The lowest BCUT2D eigenvalue weighted by atomic mass is 10.1. The van der Waals surface area contributed by atoms with Gasteiger partial charge in [-0.1, -0.05) is 0 Å². The van der Waals surface area contributed by atoms with Gasteiger partial charge < -0.3 is 16.0 Å². The quantitative estimate of drug-likeness (QED) is 0.551. The topological polar surface area (TPSA) is 58.4 Å². The van der Waals surface area contributed by atoms with Crippen LogP contribution in [0.15, 0.2) is 0 Å². The molecule has 0 saturated carbocycles. The minimum atomic E-state index is -0.301. The Kier molecular flexibility index (Phi) is 2.70. The number of carbonyl (C=O) groups is 1. The van der Waals surface area contributed by atoms with E-state index in [1.165, 1.54) is 0 Å². The fourth-order valence-corrected chi connectivity index (χ4v) is 1.41. The van der Waals surface area contributed by atoms with E-state index in [-0.39, 0.29) is 6.03 Å². The third-order valence-corrected chi connectivity index (χ3v) is 2.14. The summed E-state index contributed by atoms with van der Waals surface area (Å²) in [7, 11) is 1.91. The molecule has 1 atom stereocenters. The van der Waals surface area contributed by atoms with Crippen LogP contribution in [0.4, 0.5) is 4.79 Å². The number of amides is 2. The van der Waals surface area contributed by atoms with Gasteiger partial charge in [0.2, 0.25) is 0 Å². The molecule has 1 saturated heterocycles. The predicted octanol–water partition coefficient (Wildman–Crippen LogP) is -0.251. The number of hydrogen-bond acceptors (Lipinski definition) is 2. The van der Waals surface area contributed by atoms with Gasteiger partial charge in [0.25, 0.3) is 0 Å². The van der Waals surface area contributed by atoms with Crippen LogP contribution < -0.4 is 11.1 Å². The molecule has 3 N–H and O–H groups in total.